The first-order valence-corrected chi connectivity index (χ1v) is 8.61. The summed E-state index contributed by atoms with van der Waals surface area (Å²) < 4.78 is 6.22. The molecule has 6 nitrogen and oxygen atoms in total. The molecule has 0 spiro atoms. The van der Waals surface area contributed by atoms with Gasteiger partial charge < -0.3 is 20.1 Å². The summed E-state index contributed by atoms with van der Waals surface area (Å²) in [5, 5.41) is 13.3. The third-order valence-electron chi connectivity index (χ3n) is 3.60. The molecule has 1 fully saturated rings. The first-order chi connectivity index (χ1) is 11.1. The summed E-state index contributed by atoms with van der Waals surface area (Å²) in [5.74, 6) is -0.286. The Bertz CT molecular complexity index is 612. The topological polar surface area (TPSA) is 78.9 Å². The number of benzene rings is 1. The van der Waals surface area contributed by atoms with Crippen molar-refractivity contribution in [1.29, 1.82) is 0 Å². The maximum Gasteiger partial charge on any atom is 0.410 e. The SMILES string of the molecule is CC(C)(C)OC(=O)N1CC[C@@](O)(CC(=O)Nc2ccc(Br)cc2)C1. The molecule has 2 rings (SSSR count). The summed E-state index contributed by atoms with van der Waals surface area (Å²) in [6.07, 6.45) is -0.186. The number of hydrogen-bond acceptors (Lipinski definition) is 4. The molecule has 1 aliphatic rings. The molecule has 0 aliphatic carbocycles. The number of hydrogen-bond donors (Lipinski definition) is 2. The lowest BCUT2D eigenvalue weighted by molar-refractivity contribution is -0.120. The van der Waals surface area contributed by atoms with Gasteiger partial charge in [-0.05, 0) is 51.5 Å². The van der Waals surface area contributed by atoms with Crippen molar-refractivity contribution >= 4 is 33.6 Å². The second-order valence-electron chi connectivity index (χ2n) is 7.11. The largest absolute Gasteiger partial charge is 0.444 e. The van der Waals surface area contributed by atoms with Crippen molar-refractivity contribution in [3.05, 3.63) is 28.7 Å². The molecule has 2 N–H and O–H groups in total. The molecule has 0 bridgehead atoms. The smallest absolute Gasteiger partial charge is 0.410 e. The van der Waals surface area contributed by atoms with Gasteiger partial charge in [0, 0.05) is 16.7 Å². The fourth-order valence-electron chi connectivity index (χ4n) is 2.52. The van der Waals surface area contributed by atoms with Gasteiger partial charge in [-0.2, -0.15) is 0 Å². The third-order valence-corrected chi connectivity index (χ3v) is 4.13. The molecule has 0 saturated carbocycles. The van der Waals surface area contributed by atoms with Crippen LogP contribution in [0.4, 0.5) is 10.5 Å². The molecule has 1 aromatic rings. The number of anilines is 1. The van der Waals surface area contributed by atoms with E-state index in [0.717, 1.165) is 4.47 Å². The normalized spacial score (nSPS) is 20.8. The van der Waals surface area contributed by atoms with Crippen molar-refractivity contribution in [3.63, 3.8) is 0 Å². The van der Waals surface area contributed by atoms with E-state index >= 15 is 0 Å². The lowest BCUT2D eigenvalue weighted by atomic mass is 9.98. The molecule has 1 heterocycles. The fraction of sp³-hybridized carbons (Fsp3) is 0.529. The average Bonchev–Trinajstić information content (AvgIpc) is 2.81. The van der Waals surface area contributed by atoms with E-state index in [1.54, 1.807) is 32.9 Å². The van der Waals surface area contributed by atoms with Crippen LogP contribution < -0.4 is 5.32 Å². The predicted molar refractivity (Wildman–Crippen MR) is 94.8 cm³/mol. The van der Waals surface area contributed by atoms with Crippen molar-refractivity contribution in [2.24, 2.45) is 0 Å². The minimum Gasteiger partial charge on any atom is -0.444 e. The summed E-state index contributed by atoms with van der Waals surface area (Å²) in [7, 11) is 0. The van der Waals surface area contributed by atoms with Crippen LogP contribution in [-0.2, 0) is 9.53 Å². The Labute approximate surface area is 150 Å². The number of halogens is 1. The molecular formula is C17H23BrN2O4. The van der Waals surface area contributed by atoms with E-state index in [1.165, 1.54) is 4.90 Å². The fourth-order valence-corrected chi connectivity index (χ4v) is 2.78. The van der Waals surface area contributed by atoms with Gasteiger partial charge in [-0.1, -0.05) is 15.9 Å². The molecule has 1 atom stereocenters. The summed E-state index contributed by atoms with van der Waals surface area (Å²) in [5.41, 5.74) is -1.15. The Balaban J connectivity index is 1.89. The number of amides is 2. The van der Waals surface area contributed by atoms with Crippen molar-refractivity contribution in [2.45, 2.75) is 44.8 Å². The van der Waals surface area contributed by atoms with Gasteiger partial charge in [-0.3, -0.25) is 4.79 Å². The summed E-state index contributed by atoms with van der Waals surface area (Å²) in [6.45, 7) is 5.84. The van der Waals surface area contributed by atoms with E-state index in [0.29, 0.717) is 18.7 Å². The number of β-amino-alcohol motifs (C(OH)–C–C–N with tert-alkyl or cyclic N) is 1. The van der Waals surface area contributed by atoms with Gasteiger partial charge in [-0.25, -0.2) is 4.79 Å². The number of nitrogens with zero attached hydrogens (tertiary/aromatic N) is 1. The number of carbonyl (C=O) groups excluding carboxylic acids is 2. The molecule has 132 valence electrons. The van der Waals surface area contributed by atoms with Crippen LogP contribution in [0.15, 0.2) is 28.7 Å². The zero-order valence-electron chi connectivity index (χ0n) is 14.1. The zero-order chi connectivity index (χ0) is 18.0. The van der Waals surface area contributed by atoms with Gasteiger partial charge in [0.15, 0.2) is 0 Å². The Morgan fingerprint density at radius 1 is 1.33 bits per heavy atom. The second kappa shape index (κ2) is 7.11. The number of aliphatic hydroxyl groups is 1. The number of ether oxygens (including phenoxy) is 1. The third kappa shape index (κ3) is 5.49. The lowest BCUT2D eigenvalue weighted by Crippen LogP contribution is -2.40. The quantitative estimate of drug-likeness (QED) is 0.819. The summed E-state index contributed by atoms with van der Waals surface area (Å²) in [4.78, 5) is 25.6. The number of likely N-dealkylation sites (tertiary alicyclic amines) is 1. The van der Waals surface area contributed by atoms with Gasteiger partial charge in [-0.15, -0.1) is 0 Å². The molecule has 24 heavy (non-hydrogen) atoms. The molecule has 0 unspecified atom stereocenters. The lowest BCUT2D eigenvalue weighted by Gasteiger charge is -2.26. The van der Waals surface area contributed by atoms with E-state index in [2.05, 4.69) is 21.2 Å². The minimum atomic E-state index is -1.23. The van der Waals surface area contributed by atoms with E-state index < -0.39 is 17.3 Å². The van der Waals surface area contributed by atoms with E-state index in [4.69, 9.17) is 4.74 Å². The monoisotopic (exact) mass is 398 g/mol. The molecule has 7 heteroatoms. The Kier molecular flexibility index (Phi) is 5.55. The van der Waals surface area contributed by atoms with Gasteiger partial charge in [0.25, 0.3) is 0 Å². The molecule has 0 radical (unpaired) electrons. The van der Waals surface area contributed by atoms with E-state index in [1.807, 2.05) is 12.1 Å². The highest BCUT2D eigenvalue weighted by molar-refractivity contribution is 9.10. The first-order valence-electron chi connectivity index (χ1n) is 7.82. The van der Waals surface area contributed by atoms with Gasteiger partial charge >= 0.3 is 6.09 Å². The molecular weight excluding hydrogens is 376 g/mol. The van der Waals surface area contributed by atoms with Crippen molar-refractivity contribution in [2.75, 3.05) is 18.4 Å². The summed E-state index contributed by atoms with van der Waals surface area (Å²) in [6, 6.07) is 7.19. The Morgan fingerprint density at radius 3 is 2.54 bits per heavy atom. The standard InChI is InChI=1S/C17H23BrN2O4/c1-16(2,3)24-15(22)20-9-8-17(23,11-20)10-14(21)19-13-6-4-12(18)5-7-13/h4-7,23H,8-11H2,1-3H3,(H,19,21)/t17-/m1/s1. The van der Waals surface area contributed by atoms with Gasteiger partial charge in [0.1, 0.15) is 5.60 Å². The second-order valence-corrected chi connectivity index (χ2v) is 8.02. The number of rotatable bonds is 3. The highest BCUT2D eigenvalue weighted by Crippen LogP contribution is 2.27. The number of carbonyl (C=O) groups is 2. The first kappa shape index (κ1) is 18.7. The van der Waals surface area contributed by atoms with Crippen molar-refractivity contribution < 1.29 is 19.4 Å². The maximum absolute atomic E-state index is 12.1. The molecule has 2 amide bonds. The molecule has 1 aromatic carbocycles. The molecule has 1 saturated heterocycles. The van der Waals surface area contributed by atoms with Crippen LogP contribution in [0, 0.1) is 0 Å². The summed E-state index contributed by atoms with van der Waals surface area (Å²) >= 11 is 3.33. The van der Waals surface area contributed by atoms with Crippen LogP contribution in [0.2, 0.25) is 0 Å². The van der Waals surface area contributed by atoms with Crippen LogP contribution in [0.3, 0.4) is 0 Å². The Morgan fingerprint density at radius 2 is 1.96 bits per heavy atom. The predicted octanol–water partition coefficient (Wildman–Crippen LogP) is 3.15. The van der Waals surface area contributed by atoms with Crippen molar-refractivity contribution in [1.82, 2.24) is 4.90 Å². The molecule has 0 aromatic heterocycles. The zero-order valence-corrected chi connectivity index (χ0v) is 15.7. The van der Waals surface area contributed by atoms with Crippen LogP contribution in [0.5, 0.6) is 0 Å². The van der Waals surface area contributed by atoms with E-state index in [9.17, 15) is 14.7 Å². The van der Waals surface area contributed by atoms with Gasteiger partial charge in [0.05, 0.1) is 18.6 Å². The van der Waals surface area contributed by atoms with Crippen LogP contribution >= 0.6 is 15.9 Å². The maximum atomic E-state index is 12.1. The highest BCUT2D eigenvalue weighted by atomic mass is 79.9. The number of nitrogens with one attached hydrogen (secondary N) is 1. The van der Waals surface area contributed by atoms with Crippen LogP contribution in [0.25, 0.3) is 0 Å². The van der Waals surface area contributed by atoms with Crippen LogP contribution in [-0.4, -0.2) is 46.3 Å². The average molecular weight is 399 g/mol. The van der Waals surface area contributed by atoms with E-state index in [-0.39, 0.29) is 18.9 Å². The van der Waals surface area contributed by atoms with Gasteiger partial charge in [0.2, 0.25) is 5.91 Å². The highest BCUT2D eigenvalue weighted by Gasteiger charge is 2.41. The minimum absolute atomic E-state index is 0.0671. The Hall–Kier alpha value is -1.60. The van der Waals surface area contributed by atoms with Crippen molar-refractivity contribution in [3.8, 4) is 0 Å². The molecule has 1 aliphatic heterocycles. The van der Waals surface area contributed by atoms with Crippen LogP contribution in [0.1, 0.15) is 33.6 Å².